The van der Waals surface area contributed by atoms with Crippen molar-refractivity contribution in [2.24, 2.45) is 14.1 Å². The van der Waals surface area contributed by atoms with Crippen molar-refractivity contribution in [3.8, 4) is 34.5 Å². The number of hydrogen-bond acceptors (Lipinski definition) is 10. The highest BCUT2D eigenvalue weighted by atomic mass is 32.2. The van der Waals surface area contributed by atoms with E-state index in [1.54, 1.807) is 68.7 Å². The second kappa shape index (κ2) is 16.6. The minimum absolute atomic E-state index is 0.0765. The summed E-state index contributed by atoms with van der Waals surface area (Å²) in [5.74, 6) is 1.54. The molecule has 0 radical (unpaired) electrons. The van der Waals surface area contributed by atoms with Gasteiger partial charge in [-0.3, -0.25) is 28.3 Å². The lowest BCUT2D eigenvalue weighted by atomic mass is 10.1. The first kappa shape index (κ1) is 38.8. The number of unbranched alkanes of at least 4 members (excludes halogenated alkanes) is 3. The van der Waals surface area contributed by atoms with Crippen molar-refractivity contribution in [3.05, 3.63) is 94.4 Å². The topological polar surface area (TPSA) is 157 Å². The Hall–Kier alpha value is -5.96. The fourth-order valence-corrected chi connectivity index (χ4v) is 7.43. The second-order valence-electron chi connectivity index (χ2n) is 13.0. The van der Waals surface area contributed by atoms with Crippen LogP contribution in [0.4, 0.5) is 5.69 Å². The van der Waals surface area contributed by atoms with Gasteiger partial charge >= 0.3 is 5.69 Å². The largest absolute Gasteiger partial charge is 0.493 e. The molecule has 55 heavy (non-hydrogen) atoms. The molecule has 0 atom stereocenters. The summed E-state index contributed by atoms with van der Waals surface area (Å²) >= 11 is 0. The van der Waals surface area contributed by atoms with Crippen LogP contribution in [0, 0.1) is 0 Å². The van der Waals surface area contributed by atoms with Crippen molar-refractivity contribution in [1.29, 1.82) is 0 Å². The molecule has 290 valence electrons. The molecule has 2 amide bonds. The Bertz CT molecular complexity index is 2370. The van der Waals surface area contributed by atoms with E-state index < -0.39 is 10.0 Å². The molecule has 0 spiro atoms. The van der Waals surface area contributed by atoms with E-state index in [9.17, 15) is 22.8 Å². The van der Waals surface area contributed by atoms with Gasteiger partial charge in [0.15, 0.2) is 17.2 Å². The summed E-state index contributed by atoms with van der Waals surface area (Å²) in [5, 5.41) is 0. The van der Waals surface area contributed by atoms with Gasteiger partial charge in [-0.25, -0.2) is 13.2 Å². The molecule has 2 heterocycles. The van der Waals surface area contributed by atoms with Crippen LogP contribution < -0.4 is 34.1 Å². The van der Waals surface area contributed by atoms with E-state index in [-0.39, 0.29) is 39.6 Å². The quantitative estimate of drug-likeness (QED) is 0.0770. The number of benzene rings is 4. The highest BCUT2D eigenvalue weighted by Gasteiger charge is 2.34. The lowest BCUT2D eigenvalue weighted by Crippen LogP contribution is -2.30. The maximum absolute atomic E-state index is 13.7. The zero-order valence-electron chi connectivity index (χ0n) is 31.4. The maximum Gasteiger partial charge on any atom is 0.328 e. The Morgan fingerprint density at radius 2 is 1.25 bits per heavy atom. The van der Waals surface area contributed by atoms with Crippen LogP contribution in [0.1, 0.15) is 59.7 Å². The monoisotopic (exact) mass is 772 g/mol. The Balaban J connectivity index is 1.18. The fourth-order valence-electron chi connectivity index (χ4n) is 6.35. The van der Waals surface area contributed by atoms with Crippen molar-refractivity contribution >= 4 is 38.6 Å². The number of aromatic nitrogens is 2. The fraction of sp³-hybridized carbons (Fsp3) is 0.325. The van der Waals surface area contributed by atoms with Gasteiger partial charge in [0.2, 0.25) is 0 Å². The smallest absolute Gasteiger partial charge is 0.328 e. The molecule has 6 rings (SSSR count). The average Bonchev–Trinajstić information content (AvgIpc) is 3.55. The van der Waals surface area contributed by atoms with Gasteiger partial charge in [-0.15, -0.1) is 0 Å². The van der Waals surface area contributed by atoms with Crippen molar-refractivity contribution in [3.63, 3.8) is 0 Å². The first-order valence-corrected chi connectivity index (χ1v) is 19.4. The third kappa shape index (κ3) is 8.26. The number of nitrogens with zero attached hydrogens (tertiary/aromatic N) is 3. The highest BCUT2D eigenvalue weighted by Crippen LogP contribution is 2.38. The van der Waals surface area contributed by atoms with E-state index in [0.29, 0.717) is 71.3 Å². The van der Waals surface area contributed by atoms with E-state index in [2.05, 4.69) is 4.72 Å². The van der Waals surface area contributed by atoms with E-state index in [1.807, 2.05) is 6.92 Å². The number of sulfonamides is 1. The number of imidazole rings is 1. The third-order valence-electron chi connectivity index (χ3n) is 9.26. The zero-order valence-corrected chi connectivity index (χ0v) is 32.2. The summed E-state index contributed by atoms with van der Waals surface area (Å²) in [5.41, 5.74) is 1.70. The van der Waals surface area contributed by atoms with Gasteiger partial charge in [-0.1, -0.05) is 31.9 Å². The highest BCUT2D eigenvalue weighted by molar-refractivity contribution is 7.92. The minimum Gasteiger partial charge on any atom is -0.493 e. The van der Waals surface area contributed by atoms with Gasteiger partial charge in [0.1, 0.15) is 17.2 Å². The van der Waals surface area contributed by atoms with Crippen molar-refractivity contribution in [2.45, 2.75) is 43.9 Å². The van der Waals surface area contributed by atoms with Crippen LogP contribution in [-0.2, 0) is 24.1 Å². The number of carbonyl (C=O) groups is 2. The van der Waals surface area contributed by atoms with Gasteiger partial charge in [-0.05, 0) is 49.6 Å². The number of ether oxygens (including phenoxy) is 5. The SMILES string of the molecule is CCCOc1cc(OCCCCCCN2C(=O)c3ccccc3C2=O)cc(Oc2cc3c(cc2NS(=O)(=O)c2ccc(OC)c(OC)c2)n(C)c(=O)n3C)c1. The van der Waals surface area contributed by atoms with Crippen LogP contribution in [0.15, 0.2) is 82.5 Å². The second-order valence-corrected chi connectivity index (χ2v) is 14.7. The molecule has 14 nitrogen and oxygen atoms in total. The van der Waals surface area contributed by atoms with Crippen LogP contribution in [0.3, 0.4) is 0 Å². The predicted octanol–water partition coefficient (Wildman–Crippen LogP) is 6.51. The molecule has 4 aromatic carbocycles. The summed E-state index contributed by atoms with van der Waals surface area (Å²) in [6.45, 7) is 3.19. The Labute approximate surface area is 319 Å². The van der Waals surface area contributed by atoms with Crippen LogP contribution in [0.25, 0.3) is 11.0 Å². The van der Waals surface area contributed by atoms with E-state index in [0.717, 1.165) is 25.7 Å². The molecular weight excluding hydrogens is 729 g/mol. The maximum atomic E-state index is 13.7. The molecule has 0 saturated carbocycles. The Morgan fingerprint density at radius 1 is 0.655 bits per heavy atom. The van der Waals surface area contributed by atoms with E-state index in [1.165, 1.54) is 46.5 Å². The summed E-state index contributed by atoms with van der Waals surface area (Å²) in [7, 11) is 1.91. The number of anilines is 1. The molecule has 0 fully saturated rings. The number of amides is 2. The molecule has 0 unspecified atom stereocenters. The molecule has 1 aliphatic heterocycles. The number of carbonyl (C=O) groups excluding carboxylic acids is 2. The van der Waals surface area contributed by atoms with Gasteiger partial charge < -0.3 is 23.7 Å². The molecule has 1 aromatic heterocycles. The molecule has 0 aliphatic carbocycles. The van der Waals surface area contributed by atoms with Crippen LogP contribution in [0.5, 0.6) is 34.5 Å². The molecular formula is C40H44N4O10S. The van der Waals surface area contributed by atoms with Gasteiger partial charge in [0.25, 0.3) is 21.8 Å². The summed E-state index contributed by atoms with van der Waals surface area (Å²) < 4.78 is 62.0. The lowest BCUT2D eigenvalue weighted by molar-refractivity contribution is 0.0651. The normalized spacial score (nSPS) is 12.6. The van der Waals surface area contributed by atoms with Crippen LogP contribution in [0.2, 0.25) is 0 Å². The number of imide groups is 1. The zero-order chi connectivity index (χ0) is 39.3. The molecule has 1 N–H and O–H groups in total. The number of rotatable bonds is 18. The summed E-state index contributed by atoms with van der Waals surface area (Å²) in [6.07, 6.45) is 3.79. The van der Waals surface area contributed by atoms with Crippen molar-refractivity contribution in [1.82, 2.24) is 14.0 Å². The molecule has 5 aromatic rings. The average molecular weight is 773 g/mol. The van der Waals surface area contributed by atoms with E-state index >= 15 is 0 Å². The number of fused-ring (bicyclic) bond motifs is 2. The van der Waals surface area contributed by atoms with Crippen molar-refractivity contribution < 1.29 is 41.7 Å². The molecule has 0 bridgehead atoms. The minimum atomic E-state index is -4.19. The van der Waals surface area contributed by atoms with E-state index in [4.69, 9.17) is 23.7 Å². The Kier molecular flexibility index (Phi) is 11.7. The number of nitrogens with one attached hydrogen (secondary N) is 1. The van der Waals surface area contributed by atoms with Gasteiger partial charge in [0.05, 0.1) is 60.2 Å². The standard InChI is InChI=1S/C40H44N4O10S/c1-6-18-52-26-20-27(53-19-12-8-7-11-17-44-38(45)30-13-9-10-14-31(30)39(44)46)22-28(21-26)54-36-25-34-33(42(2)40(47)43(34)3)24-32(36)41-55(48,49)29-15-16-35(50-4)37(23-29)51-5/h9-10,13-16,20-25,41H,6-8,11-12,17-19H2,1-5H3. The molecule has 15 heteroatoms. The van der Waals surface area contributed by atoms with Gasteiger partial charge in [-0.2, -0.15) is 0 Å². The van der Waals surface area contributed by atoms with Crippen LogP contribution in [-0.4, -0.2) is 68.2 Å². The van der Waals surface area contributed by atoms with Gasteiger partial charge in [0, 0.05) is 51.0 Å². The first-order chi connectivity index (χ1) is 26.4. The number of aryl methyl sites for hydroxylation is 2. The van der Waals surface area contributed by atoms with Crippen LogP contribution >= 0.6 is 0 Å². The molecule has 1 aliphatic rings. The first-order valence-electron chi connectivity index (χ1n) is 17.9. The summed E-state index contributed by atoms with van der Waals surface area (Å²) in [4.78, 5) is 39.4. The third-order valence-corrected chi connectivity index (χ3v) is 10.6. The number of hydrogen-bond donors (Lipinski definition) is 1. The lowest BCUT2D eigenvalue weighted by Gasteiger charge is -2.17. The number of methoxy groups -OCH3 is 2. The molecule has 0 saturated heterocycles. The Morgan fingerprint density at radius 3 is 1.89 bits per heavy atom. The predicted molar refractivity (Wildman–Crippen MR) is 207 cm³/mol. The van der Waals surface area contributed by atoms with Crippen molar-refractivity contribution in [2.75, 3.05) is 38.7 Å². The summed E-state index contributed by atoms with van der Waals surface area (Å²) in [6, 6.07) is 19.4.